The number of carbonyl (C=O) groups excluding carboxylic acids is 2. The summed E-state index contributed by atoms with van der Waals surface area (Å²) in [6, 6.07) is 7.48. The van der Waals surface area contributed by atoms with E-state index in [-0.39, 0.29) is 26.9 Å². The fraction of sp³-hybridized carbons (Fsp3) is 0.304. The van der Waals surface area contributed by atoms with Crippen molar-refractivity contribution in [1.29, 1.82) is 0 Å². The molecule has 1 aliphatic rings. The summed E-state index contributed by atoms with van der Waals surface area (Å²) in [5, 5.41) is 11.3. The number of amides is 1. The van der Waals surface area contributed by atoms with Crippen LogP contribution in [0.3, 0.4) is 0 Å². The van der Waals surface area contributed by atoms with Crippen LogP contribution in [0.4, 0.5) is 4.39 Å². The number of nitrogens with zero attached hydrogens (tertiary/aromatic N) is 1. The van der Waals surface area contributed by atoms with Crippen molar-refractivity contribution in [3.8, 4) is 5.75 Å². The number of hydrogen-bond donors (Lipinski definition) is 1. The average molecular weight is 466 g/mol. The number of ether oxygens (including phenoxy) is 1. The van der Waals surface area contributed by atoms with Crippen molar-refractivity contribution in [3.63, 3.8) is 0 Å². The fourth-order valence-electron chi connectivity index (χ4n) is 3.68. The number of methoxy groups -OCH3 is 1. The Morgan fingerprint density at radius 1 is 1.13 bits per heavy atom. The lowest BCUT2D eigenvalue weighted by Crippen LogP contribution is -2.30. The number of benzene rings is 2. The molecule has 0 bridgehead atoms. The molecule has 1 heterocycles. The molecule has 1 atom stereocenters. The average Bonchev–Trinajstić information content (AvgIpc) is 2.98. The van der Waals surface area contributed by atoms with Crippen LogP contribution in [-0.2, 0) is 9.59 Å². The maximum atomic E-state index is 13.5. The van der Waals surface area contributed by atoms with Crippen LogP contribution in [-0.4, -0.2) is 35.4 Å². The number of halogens is 3. The van der Waals surface area contributed by atoms with Crippen LogP contribution in [0.25, 0.3) is 5.76 Å². The second-order valence-corrected chi connectivity index (χ2v) is 8.04. The summed E-state index contributed by atoms with van der Waals surface area (Å²) in [4.78, 5) is 27.2. The molecule has 0 saturated carbocycles. The zero-order valence-corrected chi connectivity index (χ0v) is 18.6. The van der Waals surface area contributed by atoms with Crippen molar-refractivity contribution < 1.29 is 23.8 Å². The first kappa shape index (κ1) is 23.1. The van der Waals surface area contributed by atoms with Gasteiger partial charge >= 0.3 is 0 Å². The van der Waals surface area contributed by atoms with Gasteiger partial charge in [0, 0.05) is 12.1 Å². The Morgan fingerprint density at radius 3 is 2.29 bits per heavy atom. The number of rotatable bonds is 7. The smallest absolute Gasteiger partial charge is 0.295 e. The first-order valence-corrected chi connectivity index (χ1v) is 10.6. The topological polar surface area (TPSA) is 66.8 Å². The van der Waals surface area contributed by atoms with Gasteiger partial charge in [-0.3, -0.25) is 9.59 Å². The fourth-order valence-corrected chi connectivity index (χ4v) is 4.32. The number of likely N-dealkylation sites (tertiary alicyclic amines) is 1. The maximum absolute atomic E-state index is 13.5. The van der Waals surface area contributed by atoms with Crippen LogP contribution in [0, 0.1) is 5.82 Å². The first-order valence-electron chi connectivity index (χ1n) is 9.87. The first-order chi connectivity index (χ1) is 14.8. The molecule has 2 aromatic rings. The van der Waals surface area contributed by atoms with Gasteiger partial charge in [0.1, 0.15) is 11.6 Å². The Bertz CT molecular complexity index is 1010. The summed E-state index contributed by atoms with van der Waals surface area (Å²) in [7, 11) is 1.41. The molecule has 8 heteroatoms. The van der Waals surface area contributed by atoms with Gasteiger partial charge in [-0.2, -0.15) is 0 Å². The molecular formula is C23H22Cl2FNO4. The highest BCUT2D eigenvalue weighted by Gasteiger charge is 2.45. The number of Topliss-reactive ketones (excluding diaryl/α,β-unsaturated/α-hetero) is 1. The van der Waals surface area contributed by atoms with E-state index in [1.807, 2.05) is 6.92 Å². The van der Waals surface area contributed by atoms with Gasteiger partial charge in [0.25, 0.3) is 11.7 Å². The van der Waals surface area contributed by atoms with Gasteiger partial charge in [-0.1, -0.05) is 55.1 Å². The van der Waals surface area contributed by atoms with Crippen LogP contribution in [0.2, 0.25) is 10.0 Å². The third kappa shape index (κ3) is 4.55. The predicted molar refractivity (Wildman–Crippen MR) is 118 cm³/mol. The van der Waals surface area contributed by atoms with E-state index in [0.717, 1.165) is 12.8 Å². The second-order valence-electron chi connectivity index (χ2n) is 7.22. The quantitative estimate of drug-likeness (QED) is 0.244. The summed E-state index contributed by atoms with van der Waals surface area (Å²) in [5.41, 5.74) is 0.601. The zero-order chi connectivity index (χ0) is 22.7. The Labute approximate surface area is 190 Å². The Balaban J connectivity index is 2.16. The lowest BCUT2D eigenvalue weighted by Gasteiger charge is -2.25. The molecule has 3 rings (SSSR count). The van der Waals surface area contributed by atoms with E-state index in [2.05, 4.69) is 0 Å². The number of carbonyl (C=O) groups is 2. The summed E-state index contributed by atoms with van der Waals surface area (Å²) >= 11 is 12.4. The highest BCUT2D eigenvalue weighted by molar-refractivity contribution is 6.46. The molecule has 1 fully saturated rings. The summed E-state index contributed by atoms with van der Waals surface area (Å²) in [6.07, 6.45) is 2.51. The maximum Gasteiger partial charge on any atom is 0.295 e. The molecule has 1 N–H and O–H groups in total. The van der Waals surface area contributed by atoms with Gasteiger partial charge < -0.3 is 14.7 Å². The molecule has 31 heavy (non-hydrogen) atoms. The number of aliphatic hydroxyl groups excluding tert-OH is 1. The van der Waals surface area contributed by atoms with Crippen LogP contribution < -0.4 is 4.74 Å². The number of ketones is 1. The lowest BCUT2D eigenvalue weighted by atomic mass is 9.95. The van der Waals surface area contributed by atoms with Crippen molar-refractivity contribution in [2.45, 2.75) is 32.2 Å². The van der Waals surface area contributed by atoms with E-state index in [1.54, 1.807) is 0 Å². The highest BCUT2D eigenvalue weighted by atomic mass is 35.5. The molecule has 164 valence electrons. The predicted octanol–water partition coefficient (Wildman–Crippen LogP) is 5.75. The Morgan fingerprint density at radius 2 is 1.74 bits per heavy atom. The van der Waals surface area contributed by atoms with E-state index in [9.17, 15) is 19.1 Å². The van der Waals surface area contributed by atoms with Crippen molar-refractivity contribution in [2.24, 2.45) is 0 Å². The number of hydrogen-bond acceptors (Lipinski definition) is 4. The monoisotopic (exact) mass is 465 g/mol. The molecule has 0 spiro atoms. The van der Waals surface area contributed by atoms with Gasteiger partial charge in [-0.15, -0.1) is 0 Å². The summed E-state index contributed by atoms with van der Waals surface area (Å²) in [6.45, 7) is 2.37. The lowest BCUT2D eigenvalue weighted by molar-refractivity contribution is -0.139. The molecule has 0 aliphatic carbocycles. The third-order valence-corrected chi connectivity index (χ3v) is 5.77. The van der Waals surface area contributed by atoms with Gasteiger partial charge in [0.2, 0.25) is 0 Å². The second kappa shape index (κ2) is 9.71. The Kier molecular flexibility index (Phi) is 7.23. The zero-order valence-electron chi connectivity index (χ0n) is 17.1. The van der Waals surface area contributed by atoms with E-state index in [4.69, 9.17) is 27.9 Å². The molecule has 2 aromatic carbocycles. The molecular weight excluding hydrogens is 444 g/mol. The molecule has 1 saturated heterocycles. The van der Waals surface area contributed by atoms with Crippen molar-refractivity contribution >= 4 is 40.7 Å². The molecule has 0 radical (unpaired) electrons. The van der Waals surface area contributed by atoms with Gasteiger partial charge in [0.05, 0.1) is 28.8 Å². The molecule has 0 aromatic heterocycles. The minimum Gasteiger partial charge on any atom is -0.507 e. The van der Waals surface area contributed by atoms with Crippen molar-refractivity contribution in [1.82, 2.24) is 4.90 Å². The minimum absolute atomic E-state index is 0.0922. The van der Waals surface area contributed by atoms with Crippen LogP contribution >= 0.6 is 23.2 Å². The van der Waals surface area contributed by atoms with E-state index < -0.39 is 29.3 Å². The van der Waals surface area contributed by atoms with Crippen LogP contribution in [0.5, 0.6) is 5.75 Å². The van der Waals surface area contributed by atoms with E-state index in [1.165, 1.54) is 48.4 Å². The van der Waals surface area contributed by atoms with Crippen LogP contribution in [0.1, 0.15) is 43.4 Å². The minimum atomic E-state index is -0.850. The third-order valence-electron chi connectivity index (χ3n) is 5.20. The standard InChI is InChI=1S/C23H22Cl2FNO4/c1-3-4-5-10-27-19(13-6-8-15(26)9-7-13)18(21(29)23(27)30)20(28)14-11-16(24)22(31-2)17(25)12-14/h6-9,11-12,19,28H,3-5,10H2,1-2H3/b20-18+. The molecule has 1 amide bonds. The van der Waals surface area contributed by atoms with Crippen molar-refractivity contribution in [2.75, 3.05) is 13.7 Å². The Hall–Kier alpha value is -2.57. The van der Waals surface area contributed by atoms with Gasteiger partial charge in [0.15, 0.2) is 5.75 Å². The largest absolute Gasteiger partial charge is 0.507 e. The molecule has 1 unspecified atom stereocenters. The molecule has 1 aliphatic heterocycles. The number of aliphatic hydroxyl groups is 1. The van der Waals surface area contributed by atoms with Crippen molar-refractivity contribution in [3.05, 3.63) is 69.0 Å². The normalized spacial score (nSPS) is 18.0. The summed E-state index contributed by atoms with van der Waals surface area (Å²) in [5.74, 6) is -2.14. The van der Waals surface area contributed by atoms with Gasteiger partial charge in [-0.05, 0) is 36.2 Å². The SMILES string of the molecule is CCCCCN1C(=O)C(=O)/C(=C(/O)c2cc(Cl)c(OC)c(Cl)c2)C1c1ccc(F)cc1. The van der Waals surface area contributed by atoms with Gasteiger partial charge in [-0.25, -0.2) is 4.39 Å². The number of unbranched alkanes of at least 4 members (excludes halogenated alkanes) is 2. The molecule has 5 nitrogen and oxygen atoms in total. The van der Waals surface area contributed by atoms with E-state index >= 15 is 0 Å². The highest BCUT2D eigenvalue weighted by Crippen LogP contribution is 2.42. The van der Waals surface area contributed by atoms with Crippen LogP contribution in [0.15, 0.2) is 42.0 Å². The summed E-state index contributed by atoms with van der Waals surface area (Å²) < 4.78 is 18.6. The van der Waals surface area contributed by atoms with E-state index in [0.29, 0.717) is 18.5 Å².